The number of aromatic nitrogens is 2. The van der Waals surface area contributed by atoms with Crippen LogP contribution in [0.2, 0.25) is 5.02 Å². The summed E-state index contributed by atoms with van der Waals surface area (Å²) in [4.78, 5) is 18.4. The van der Waals surface area contributed by atoms with Crippen molar-refractivity contribution < 1.29 is 0 Å². The Morgan fingerprint density at radius 2 is 2.24 bits per heavy atom. The van der Waals surface area contributed by atoms with Crippen LogP contribution in [0.4, 0.5) is 0 Å². The molecule has 104 valence electrons. The zero-order valence-electron chi connectivity index (χ0n) is 11.0. The van der Waals surface area contributed by atoms with Crippen molar-refractivity contribution in [2.45, 2.75) is 13.0 Å². The van der Waals surface area contributed by atoms with Crippen molar-refractivity contribution in [3.8, 4) is 0 Å². The number of hydrogen-bond acceptors (Lipinski definition) is 3. The predicted molar refractivity (Wildman–Crippen MR) is 87.8 cm³/mol. The quantitative estimate of drug-likeness (QED) is 0.679. The lowest BCUT2D eigenvalue weighted by molar-refractivity contribution is 0.725. The predicted octanol–water partition coefficient (Wildman–Crippen LogP) is 4.06. The lowest BCUT2D eigenvalue weighted by atomic mass is 10.2. The van der Waals surface area contributed by atoms with Gasteiger partial charge in [0.15, 0.2) is 0 Å². The molecule has 3 heterocycles. The topological polar surface area (TPSA) is 34.9 Å². The number of allylic oxidation sites excluding steroid dienone is 1. The van der Waals surface area contributed by atoms with Crippen molar-refractivity contribution in [1.29, 1.82) is 0 Å². The van der Waals surface area contributed by atoms with Crippen LogP contribution in [0.25, 0.3) is 22.6 Å². The number of halogens is 1. The molecule has 0 atom stereocenters. The van der Waals surface area contributed by atoms with Gasteiger partial charge in [-0.3, -0.25) is 9.36 Å². The lowest BCUT2D eigenvalue weighted by Crippen LogP contribution is -2.20. The molecule has 0 spiro atoms. The first-order chi connectivity index (χ1) is 10.2. The Labute approximate surface area is 130 Å². The van der Waals surface area contributed by atoms with Gasteiger partial charge in [-0.05, 0) is 47.7 Å². The maximum atomic E-state index is 12.5. The number of fused-ring (bicyclic) bond motifs is 2. The van der Waals surface area contributed by atoms with E-state index in [-0.39, 0.29) is 5.56 Å². The molecule has 0 amide bonds. The summed E-state index contributed by atoms with van der Waals surface area (Å²) in [5.41, 5.74) is 1.79. The Kier molecular flexibility index (Phi) is 2.94. The van der Waals surface area contributed by atoms with Gasteiger partial charge in [0.05, 0.1) is 10.9 Å². The van der Waals surface area contributed by atoms with Crippen molar-refractivity contribution in [2.75, 3.05) is 0 Å². The molecule has 0 N–H and O–H groups in total. The van der Waals surface area contributed by atoms with E-state index < -0.39 is 0 Å². The Morgan fingerprint density at radius 3 is 3.05 bits per heavy atom. The molecule has 0 fully saturated rings. The molecular formula is C16H11ClN2OS. The molecule has 2 aromatic heterocycles. The number of rotatable bonds is 1. The van der Waals surface area contributed by atoms with Crippen molar-refractivity contribution in [2.24, 2.45) is 0 Å². The molecule has 4 rings (SSSR count). The van der Waals surface area contributed by atoms with Crippen LogP contribution < -0.4 is 5.56 Å². The van der Waals surface area contributed by atoms with Gasteiger partial charge in [-0.2, -0.15) is 0 Å². The van der Waals surface area contributed by atoms with Crippen LogP contribution in [0.5, 0.6) is 0 Å². The molecule has 1 aliphatic rings. The highest BCUT2D eigenvalue weighted by molar-refractivity contribution is 7.10. The van der Waals surface area contributed by atoms with Crippen LogP contribution in [0, 0.1) is 0 Å². The molecule has 3 aromatic rings. The van der Waals surface area contributed by atoms with Crippen LogP contribution in [0.15, 0.2) is 40.5 Å². The standard InChI is InChI=1S/C16H11ClN2OS/c17-11-3-4-13-14(9-11)18-15-10(5-6-19(15)16(13)20)8-12-2-1-7-21-12/h1-4,7-9H,5-6H2/b10-8-. The second-order valence-electron chi connectivity index (χ2n) is 4.99. The highest BCUT2D eigenvalue weighted by Gasteiger charge is 2.20. The summed E-state index contributed by atoms with van der Waals surface area (Å²) in [5, 5.41) is 3.27. The van der Waals surface area contributed by atoms with Gasteiger partial charge in [-0.25, -0.2) is 4.98 Å². The van der Waals surface area contributed by atoms with Gasteiger partial charge in [0, 0.05) is 16.4 Å². The highest BCUT2D eigenvalue weighted by Crippen LogP contribution is 2.29. The molecule has 1 aromatic carbocycles. The minimum Gasteiger partial charge on any atom is -0.292 e. The summed E-state index contributed by atoms with van der Waals surface area (Å²) in [6.07, 6.45) is 2.95. The molecule has 0 bridgehead atoms. The van der Waals surface area contributed by atoms with Crippen molar-refractivity contribution in [3.63, 3.8) is 0 Å². The summed E-state index contributed by atoms with van der Waals surface area (Å²) < 4.78 is 1.76. The minimum absolute atomic E-state index is 0.0150. The first-order valence-electron chi connectivity index (χ1n) is 6.67. The summed E-state index contributed by atoms with van der Waals surface area (Å²) in [6, 6.07) is 9.32. The van der Waals surface area contributed by atoms with Gasteiger partial charge in [0.1, 0.15) is 5.82 Å². The van der Waals surface area contributed by atoms with Gasteiger partial charge in [-0.15, -0.1) is 11.3 Å². The van der Waals surface area contributed by atoms with E-state index >= 15 is 0 Å². The van der Waals surface area contributed by atoms with Crippen LogP contribution in [0.1, 0.15) is 17.1 Å². The van der Waals surface area contributed by atoms with Gasteiger partial charge < -0.3 is 0 Å². The van der Waals surface area contributed by atoms with E-state index in [0.717, 1.165) is 17.8 Å². The summed E-state index contributed by atoms with van der Waals surface area (Å²) in [6.45, 7) is 0.691. The molecule has 5 heteroatoms. The van der Waals surface area contributed by atoms with E-state index in [2.05, 4.69) is 17.1 Å². The Bertz CT molecular complexity index is 925. The van der Waals surface area contributed by atoms with E-state index in [1.807, 2.05) is 11.4 Å². The molecule has 0 unspecified atom stereocenters. The van der Waals surface area contributed by atoms with Crippen LogP contribution in [-0.2, 0) is 6.54 Å². The summed E-state index contributed by atoms with van der Waals surface area (Å²) in [7, 11) is 0. The molecule has 3 nitrogen and oxygen atoms in total. The largest absolute Gasteiger partial charge is 0.292 e. The van der Waals surface area contributed by atoms with Crippen molar-refractivity contribution in [1.82, 2.24) is 9.55 Å². The fourth-order valence-corrected chi connectivity index (χ4v) is 3.52. The van der Waals surface area contributed by atoms with E-state index in [4.69, 9.17) is 11.6 Å². The number of nitrogens with zero attached hydrogens (tertiary/aromatic N) is 2. The zero-order chi connectivity index (χ0) is 14.4. The minimum atomic E-state index is 0.0150. The second kappa shape index (κ2) is 4.83. The third-order valence-electron chi connectivity index (χ3n) is 3.67. The summed E-state index contributed by atoms with van der Waals surface area (Å²) in [5.74, 6) is 0.767. The smallest absolute Gasteiger partial charge is 0.261 e. The first-order valence-corrected chi connectivity index (χ1v) is 7.93. The van der Waals surface area contributed by atoms with Gasteiger partial charge in [0.2, 0.25) is 0 Å². The first kappa shape index (κ1) is 12.8. The van der Waals surface area contributed by atoms with E-state index in [1.54, 1.807) is 34.1 Å². The van der Waals surface area contributed by atoms with E-state index in [0.29, 0.717) is 22.5 Å². The van der Waals surface area contributed by atoms with Gasteiger partial charge in [-0.1, -0.05) is 17.7 Å². The van der Waals surface area contributed by atoms with Crippen LogP contribution >= 0.6 is 22.9 Å². The third-order valence-corrected chi connectivity index (χ3v) is 4.72. The normalized spacial score (nSPS) is 15.8. The number of hydrogen-bond donors (Lipinski definition) is 0. The van der Waals surface area contributed by atoms with Gasteiger partial charge >= 0.3 is 0 Å². The van der Waals surface area contributed by atoms with Crippen molar-refractivity contribution >= 4 is 45.5 Å². The maximum Gasteiger partial charge on any atom is 0.261 e. The lowest BCUT2D eigenvalue weighted by Gasteiger charge is -2.05. The fraction of sp³-hybridized carbons (Fsp3) is 0.125. The number of thiophene rings is 1. The third kappa shape index (κ3) is 2.11. The monoisotopic (exact) mass is 314 g/mol. The summed E-state index contributed by atoms with van der Waals surface area (Å²) >= 11 is 7.69. The van der Waals surface area contributed by atoms with Gasteiger partial charge in [0.25, 0.3) is 5.56 Å². The average Bonchev–Trinajstić information content (AvgIpc) is 3.10. The number of benzene rings is 1. The Balaban J connectivity index is 1.96. The molecular weight excluding hydrogens is 304 g/mol. The van der Waals surface area contributed by atoms with Crippen LogP contribution in [0.3, 0.4) is 0 Å². The Morgan fingerprint density at radius 1 is 1.33 bits per heavy atom. The molecule has 0 saturated heterocycles. The molecule has 0 aliphatic carbocycles. The average molecular weight is 315 g/mol. The van der Waals surface area contributed by atoms with Crippen molar-refractivity contribution in [3.05, 3.63) is 61.8 Å². The van der Waals surface area contributed by atoms with Crippen LogP contribution in [-0.4, -0.2) is 9.55 Å². The van der Waals surface area contributed by atoms with E-state index in [9.17, 15) is 4.79 Å². The zero-order valence-corrected chi connectivity index (χ0v) is 12.6. The Hall–Kier alpha value is -1.91. The van der Waals surface area contributed by atoms with E-state index in [1.165, 1.54) is 4.88 Å². The molecule has 1 aliphatic heterocycles. The fourth-order valence-electron chi connectivity index (χ4n) is 2.67. The molecule has 0 radical (unpaired) electrons. The molecule has 21 heavy (non-hydrogen) atoms. The SMILES string of the molecule is O=c1c2ccc(Cl)cc2nc2n1CC/C2=C/c1cccs1. The second-order valence-corrected chi connectivity index (χ2v) is 6.40. The highest BCUT2D eigenvalue weighted by atomic mass is 35.5. The molecule has 0 saturated carbocycles. The maximum absolute atomic E-state index is 12.5.